The van der Waals surface area contributed by atoms with Gasteiger partial charge >= 0.3 is 5.97 Å². The zero-order valence-electron chi connectivity index (χ0n) is 8.93. The summed E-state index contributed by atoms with van der Waals surface area (Å²) in [5.74, 6) is -1.27. The topological polar surface area (TPSA) is 50.2 Å². The summed E-state index contributed by atoms with van der Waals surface area (Å²) in [7, 11) is 0. The Hall–Kier alpha value is -2.23. The minimum atomic E-state index is -0.979. The Labute approximate surface area is 97.6 Å². The molecule has 1 N–H and O–H groups in total. The van der Waals surface area contributed by atoms with E-state index in [1.54, 1.807) is 12.1 Å². The average molecular weight is 231 g/mol. The summed E-state index contributed by atoms with van der Waals surface area (Å²) in [5, 5.41) is 8.83. The van der Waals surface area contributed by atoms with Gasteiger partial charge in [0, 0.05) is 18.3 Å². The SMILES string of the molecule is O=C(O)c1ccnc(Cc2ccc(F)cc2)c1. The van der Waals surface area contributed by atoms with Gasteiger partial charge in [-0.1, -0.05) is 12.1 Å². The molecule has 0 bridgehead atoms. The molecule has 3 nitrogen and oxygen atoms in total. The molecule has 1 aromatic carbocycles. The number of rotatable bonds is 3. The van der Waals surface area contributed by atoms with E-state index < -0.39 is 5.97 Å². The van der Waals surface area contributed by atoms with E-state index in [2.05, 4.69) is 4.98 Å². The highest BCUT2D eigenvalue weighted by atomic mass is 19.1. The number of pyridine rings is 1. The fourth-order valence-corrected chi connectivity index (χ4v) is 1.52. The highest BCUT2D eigenvalue weighted by Crippen LogP contribution is 2.10. The van der Waals surface area contributed by atoms with Crippen molar-refractivity contribution < 1.29 is 14.3 Å². The van der Waals surface area contributed by atoms with Crippen LogP contribution >= 0.6 is 0 Å². The summed E-state index contributed by atoms with van der Waals surface area (Å²) in [6.07, 6.45) is 1.95. The number of carbonyl (C=O) groups is 1. The van der Waals surface area contributed by atoms with Gasteiger partial charge in [0.15, 0.2) is 0 Å². The van der Waals surface area contributed by atoms with Gasteiger partial charge in [-0.2, -0.15) is 0 Å². The number of carboxylic acid groups (broad SMARTS) is 1. The first-order valence-corrected chi connectivity index (χ1v) is 5.08. The molecule has 4 heteroatoms. The summed E-state index contributed by atoms with van der Waals surface area (Å²) in [4.78, 5) is 14.9. The van der Waals surface area contributed by atoms with Crippen LogP contribution in [0.3, 0.4) is 0 Å². The molecular weight excluding hydrogens is 221 g/mol. The highest BCUT2D eigenvalue weighted by Gasteiger charge is 2.04. The zero-order valence-corrected chi connectivity index (χ0v) is 8.93. The van der Waals surface area contributed by atoms with E-state index in [9.17, 15) is 9.18 Å². The molecule has 0 saturated heterocycles. The van der Waals surface area contributed by atoms with E-state index in [-0.39, 0.29) is 11.4 Å². The minimum Gasteiger partial charge on any atom is -0.478 e. The molecule has 86 valence electrons. The van der Waals surface area contributed by atoms with E-state index in [0.29, 0.717) is 12.1 Å². The van der Waals surface area contributed by atoms with E-state index in [1.165, 1.54) is 30.5 Å². The van der Waals surface area contributed by atoms with E-state index >= 15 is 0 Å². The Morgan fingerprint density at radius 3 is 2.59 bits per heavy atom. The zero-order chi connectivity index (χ0) is 12.3. The minimum absolute atomic E-state index is 0.206. The number of nitrogens with zero attached hydrogens (tertiary/aromatic N) is 1. The number of aromatic carboxylic acids is 1. The fourth-order valence-electron chi connectivity index (χ4n) is 1.52. The van der Waals surface area contributed by atoms with E-state index in [4.69, 9.17) is 5.11 Å². The summed E-state index contributed by atoms with van der Waals surface area (Å²) >= 11 is 0. The predicted molar refractivity (Wildman–Crippen MR) is 60.4 cm³/mol. The monoisotopic (exact) mass is 231 g/mol. The lowest BCUT2D eigenvalue weighted by Gasteiger charge is -2.02. The van der Waals surface area contributed by atoms with Gasteiger partial charge in [0.05, 0.1) is 5.56 Å². The standard InChI is InChI=1S/C13H10FNO2/c14-11-3-1-9(2-4-11)7-12-8-10(13(16)17)5-6-15-12/h1-6,8H,7H2,(H,16,17). The second kappa shape index (κ2) is 4.74. The lowest BCUT2D eigenvalue weighted by atomic mass is 10.1. The van der Waals surface area contributed by atoms with Gasteiger partial charge in [-0.3, -0.25) is 4.98 Å². The molecule has 0 radical (unpaired) electrons. The molecular formula is C13H10FNO2. The van der Waals surface area contributed by atoms with Crippen molar-refractivity contribution in [2.24, 2.45) is 0 Å². The molecule has 0 unspecified atom stereocenters. The lowest BCUT2D eigenvalue weighted by Crippen LogP contribution is -1.99. The van der Waals surface area contributed by atoms with Crippen molar-refractivity contribution in [2.45, 2.75) is 6.42 Å². The van der Waals surface area contributed by atoms with E-state index in [1.807, 2.05) is 0 Å². The first-order chi connectivity index (χ1) is 8.15. The number of aromatic nitrogens is 1. The van der Waals surface area contributed by atoms with Gasteiger partial charge < -0.3 is 5.11 Å². The van der Waals surface area contributed by atoms with Crippen LogP contribution < -0.4 is 0 Å². The van der Waals surface area contributed by atoms with Crippen molar-refractivity contribution in [2.75, 3.05) is 0 Å². The number of hydrogen-bond acceptors (Lipinski definition) is 2. The molecule has 1 aromatic heterocycles. The summed E-state index contributed by atoms with van der Waals surface area (Å²) in [6.45, 7) is 0. The average Bonchev–Trinajstić information content (AvgIpc) is 2.32. The Kier molecular flexibility index (Phi) is 3.14. The van der Waals surface area contributed by atoms with Crippen molar-refractivity contribution in [1.82, 2.24) is 4.98 Å². The van der Waals surface area contributed by atoms with Crippen LogP contribution in [0.2, 0.25) is 0 Å². The third-order valence-electron chi connectivity index (χ3n) is 2.36. The second-order valence-electron chi connectivity index (χ2n) is 3.64. The molecule has 0 aliphatic heterocycles. The quantitative estimate of drug-likeness (QED) is 0.882. The normalized spacial score (nSPS) is 10.2. The molecule has 1 heterocycles. The van der Waals surface area contributed by atoms with Crippen molar-refractivity contribution in [3.63, 3.8) is 0 Å². The Bertz CT molecular complexity index is 537. The third-order valence-corrected chi connectivity index (χ3v) is 2.36. The van der Waals surface area contributed by atoms with Crippen LogP contribution in [0.15, 0.2) is 42.6 Å². The molecule has 0 atom stereocenters. The smallest absolute Gasteiger partial charge is 0.335 e. The first-order valence-electron chi connectivity index (χ1n) is 5.08. The van der Waals surface area contributed by atoms with Gasteiger partial charge in [-0.05, 0) is 29.8 Å². The molecule has 0 aliphatic rings. The predicted octanol–water partition coefficient (Wildman–Crippen LogP) is 2.51. The number of halogens is 1. The largest absolute Gasteiger partial charge is 0.478 e. The third kappa shape index (κ3) is 2.87. The van der Waals surface area contributed by atoms with Crippen LogP contribution in [-0.2, 0) is 6.42 Å². The Morgan fingerprint density at radius 1 is 1.24 bits per heavy atom. The second-order valence-corrected chi connectivity index (χ2v) is 3.64. The molecule has 0 fully saturated rings. The summed E-state index contributed by atoms with van der Waals surface area (Å²) in [5.41, 5.74) is 1.75. The summed E-state index contributed by atoms with van der Waals surface area (Å²) in [6, 6.07) is 9.02. The van der Waals surface area contributed by atoms with Crippen LogP contribution in [0.4, 0.5) is 4.39 Å². The highest BCUT2D eigenvalue weighted by molar-refractivity contribution is 5.87. The maximum absolute atomic E-state index is 12.7. The molecule has 0 amide bonds. The molecule has 17 heavy (non-hydrogen) atoms. The molecule has 2 aromatic rings. The lowest BCUT2D eigenvalue weighted by molar-refractivity contribution is 0.0696. The van der Waals surface area contributed by atoms with Gasteiger partial charge in [0.1, 0.15) is 5.82 Å². The molecule has 0 saturated carbocycles. The van der Waals surface area contributed by atoms with Crippen LogP contribution in [0.25, 0.3) is 0 Å². The van der Waals surface area contributed by atoms with Crippen LogP contribution in [0, 0.1) is 5.82 Å². The molecule has 2 rings (SSSR count). The van der Waals surface area contributed by atoms with Crippen molar-refractivity contribution in [1.29, 1.82) is 0 Å². The first kappa shape index (κ1) is 11.3. The number of carboxylic acids is 1. The fraction of sp³-hybridized carbons (Fsp3) is 0.0769. The number of benzene rings is 1. The maximum atomic E-state index is 12.7. The van der Waals surface area contributed by atoms with Crippen molar-refractivity contribution in [3.8, 4) is 0 Å². The van der Waals surface area contributed by atoms with Crippen LogP contribution in [0.5, 0.6) is 0 Å². The van der Waals surface area contributed by atoms with Gasteiger partial charge in [-0.25, -0.2) is 9.18 Å². The molecule has 0 aliphatic carbocycles. The van der Waals surface area contributed by atoms with Gasteiger partial charge in [-0.15, -0.1) is 0 Å². The van der Waals surface area contributed by atoms with Crippen LogP contribution in [-0.4, -0.2) is 16.1 Å². The molecule has 0 spiro atoms. The number of hydrogen-bond donors (Lipinski definition) is 1. The van der Waals surface area contributed by atoms with Crippen LogP contribution in [0.1, 0.15) is 21.6 Å². The summed E-state index contributed by atoms with van der Waals surface area (Å²) < 4.78 is 12.7. The maximum Gasteiger partial charge on any atom is 0.335 e. The van der Waals surface area contributed by atoms with E-state index in [0.717, 1.165) is 5.56 Å². The Balaban J connectivity index is 2.21. The van der Waals surface area contributed by atoms with Gasteiger partial charge in [0.25, 0.3) is 0 Å². The van der Waals surface area contributed by atoms with Crippen molar-refractivity contribution in [3.05, 3.63) is 65.2 Å². The van der Waals surface area contributed by atoms with Gasteiger partial charge in [0.2, 0.25) is 0 Å². The van der Waals surface area contributed by atoms with Crippen molar-refractivity contribution >= 4 is 5.97 Å². The Morgan fingerprint density at radius 2 is 1.94 bits per heavy atom.